The van der Waals surface area contributed by atoms with Crippen molar-refractivity contribution in [3.05, 3.63) is 59.2 Å². The normalized spacial score (nSPS) is 10.5. The summed E-state index contributed by atoms with van der Waals surface area (Å²) in [6.45, 7) is 0. The highest BCUT2D eigenvalue weighted by molar-refractivity contribution is 7.20. The molecule has 0 bridgehead atoms. The van der Waals surface area contributed by atoms with Crippen LogP contribution in [-0.4, -0.2) is 22.0 Å². The second-order valence-corrected chi connectivity index (χ2v) is 5.97. The molecule has 7 heteroatoms. The van der Waals surface area contributed by atoms with E-state index < -0.39 is 5.91 Å². The number of rotatable bonds is 4. The maximum atomic E-state index is 12.0. The fourth-order valence-electron chi connectivity index (χ4n) is 2.17. The number of fused-ring (bicyclic) bond motifs is 1. The number of pyridine rings is 1. The Bertz CT molecular complexity index is 861. The Morgan fingerprint density at radius 1 is 1.22 bits per heavy atom. The van der Waals surface area contributed by atoms with Gasteiger partial charge in [0.05, 0.1) is 11.3 Å². The molecule has 3 aromatic rings. The number of thiophene rings is 1. The van der Waals surface area contributed by atoms with Gasteiger partial charge in [-0.3, -0.25) is 19.8 Å². The second-order valence-electron chi connectivity index (χ2n) is 4.89. The molecule has 0 aliphatic heterocycles. The molecular weight excluding hydrogens is 314 g/mol. The molecule has 116 valence electrons. The number of hydrogen-bond donors (Lipinski definition) is 3. The summed E-state index contributed by atoms with van der Waals surface area (Å²) in [4.78, 5) is 27.8. The van der Waals surface area contributed by atoms with Gasteiger partial charge in [-0.15, -0.1) is 11.3 Å². The van der Waals surface area contributed by atoms with Crippen LogP contribution < -0.4 is 10.8 Å². The number of carbonyl (C=O) groups is 2. The molecule has 0 radical (unpaired) electrons. The smallest absolute Gasteiger partial charge is 0.284 e. The maximum Gasteiger partial charge on any atom is 0.284 e. The van der Waals surface area contributed by atoms with Crippen LogP contribution >= 0.6 is 11.3 Å². The third-order valence-corrected chi connectivity index (χ3v) is 4.31. The number of hydrogen-bond acceptors (Lipinski definition) is 5. The molecule has 0 fully saturated rings. The van der Waals surface area contributed by atoms with E-state index in [9.17, 15) is 9.59 Å². The first-order valence-electron chi connectivity index (χ1n) is 6.82. The van der Waals surface area contributed by atoms with E-state index in [1.54, 1.807) is 42.1 Å². The third kappa shape index (κ3) is 3.53. The first kappa shape index (κ1) is 15.1. The van der Waals surface area contributed by atoms with Gasteiger partial charge in [0, 0.05) is 22.8 Å². The number of carbonyl (C=O) groups excluding carboxylic acids is 2. The van der Waals surface area contributed by atoms with Gasteiger partial charge < -0.3 is 5.32 Å². The summed E-state index contributed by atoms with van der Waals surface area (Å²) in [5.74, 6) is -0.685. The van der Waals surface area contributed by atoms with Gasteiger partial charge in [0.1, 0.15) is 0 Å². The van der Waals surface area contributed by atoms with Crippen molar-refractivity contribution < 1.29 is 14.8 Å². The van der Waals surface area contributed by atoms with Gasteiger partial charge in [0.15, 0.2) is 0 Å². The molecule has 0 spiro atoms. The number of hydroxylamine groups is 1. The SMILES string of the molecule is O=C(Cc1cccnc1)Nc1ccc2cc(C(=O)NO)sc2c1. The number of aromatic nitrogens is 1. The summed E-state index contributed by atoms with van der Waals surface area (Å²) < 4.78 is 0.850. The third-order valence-electron chi connectivity index (χ3n) is 3.22. The first-order chi connectivity index (χ1) is 11.2. The van der Waals surface area contributed by atoms with Crippen LogP contribution in [0.4, 0.5) is 5.69 Å². The van der Waals surface area contributed by atoms with Crippen molar-refractivity contribution in [2.24, 2.45) is 0 Å². The van der Waals surface area contributed by atoms with Crippen LogP contribution in [0.2, 0.25) is 0 Å². The Balaban J connectivity index is 1.75. The number of anilines is 1. The van der Waals surface area contributed by atoms with Crippen molar-refractivity contribution in [1.29, 1.82) is 0 Å². The first-order valence-corrected chi connectivity index (χ1v) is 7.64. The van der Waals surface area contributed by atoms with Crippen LogP contribution in [0.15, 0.2) is 48.8 Å². The van der Waals surface area contributed by atoms with E-state index in [1.807, 2.05) is 12.1 Å². The lowest BCUT2D eigenvalue weighted by molar-refractivity contribution is -0.115. The fraction of sp³-hybridized carbons (Fsp3) is 0.0625. The van der Waals surface area contributed by atoms with Gasteiger partial charge in [0.2, 0.25) is 5.91 Å². The molecule has 1 aromatic carbocycles. The molecule has 2 amide bonds. The van der Waals surface area contributed by atoms with Gasteiger partial charge in [0.25, 0.3) is 5.91 Å². The van der Waals surface area contributed by atoms with Crippen molar-refractivity contribution in [3.63, 3.8) is 0 Å². The highest BCUT2D eigenvalue weighted by atomic mass is 32.1. The summed E-state index contributed by atoms with van der Waals surface area (Å²) in [7, 11) is 0. The van der Waals surface area contributed by atoms with Gasteiger partial charge in [-0.25, -0.2) is 5.48 Å². The average Bonchev–Trinajstić information content (AvgIpc) is 2.98. The quantitative estimate of drug-likeness (QED) is 0.507. The minimum absolute atomic E-state index is 0.137. The molecule has 0 atom stereocenters. The van der Waals surface area contributed by atoms with E-state index in [4.69, 9.17) is 5.21 Å². The Morgan fingerprint density at radius 2 is 2.09 bits per heavy atom. The summed E-state index contributed by atoms with van der Waals surface area (Å²) in [5.41, 5.74) is 3.11. The molecule has 6 nitrogen and oxygen atoms in total. The van der Waals surface area contributed by atoms with Gasteiger partial charge in [-0.1, -0.05) is 12.1 Å². The van der Waals surface area contributed by atoms with Crippen LogP contribution in [0.25, 0.3) is 10.1 Å². The highest BCUT2D eigenvalue weighted by Gasteiger charge is 2.10. The van der Waals surface area contributed by atoms with Crippen molar-refractivity contribution in [3.8, 4) is 0 Å². The number of nitrogens with one attached hydrogen (secondary N) is 2. The van der Waals surface area contributed by atoms with Crippen LogP contribution in [0.5, 0.6) is 0 Å². The number of nitrogens with zero attached hydrogens (tertiary/aromatic N) is 1. The second kappa shape index (κ2) is 6.55. The number of amides is 2. The zero-order valence-electron chi connectivity index (χ0n) is 11.9. The van der Waals surface area contributed by atoms with Gasteiger partial charge >= 0.3 is 0 Å². The Kier molecular flexibility index (Phi) is 4.31. The summed E-state index contributed by atoms with van der Waals surface area (Å²) in [6, 6.07) is 10.7. The van der Waals surface area contributed by atoms with E-state index in [2.05, 4.69) is 10.3 Å². The standard InChI is InChI=1S/C16H13N3O3S/c20-15(6-10-2-1-5-17-9-10)18-12-4-3-11-7-14(16(21)19-22)23-13(11)8-12/h1-5,7-9,22H,6H2,(H,18,20)(H,19,21). The van der Waals surface area contributed by atoms with E-state index in [0.717, 1.165) is 15.6 Å². The van der Waals surface area contributed by atoms with E-state index in [-0.39, 0.29) is 12.3 Å². The molecule has 2 heterocycles. The lowest BCUT2D eigenvalue weighted by Crippen LogP contribution is -2.16. The van der Waals surface area contributed by atoms with E-state index >= 15 is 0 Å². The Hall–Kier alpha value is -2.77. The van der Waals surface area contributed by atoms with Crippen molar-refractivity contribution >= 4 is 38.9 Å². The monoisotopic (exact) mass is 327 g/mol. The van der Waals surface area contributed by atoms with Crippen molar-refractivity contribution in [1.82, 2.24) is 10.5 Å². The molecule has 0 saturated carbocycles. The number of benzene rings is 1. The minimum atomic E-state index is -0.548. The topological polar surface area (TPSA) is 91.3 Å². The van der Waals surface area contributed by atoms with Gasteiger partial charge in [-0.2, -0.15) is 0 Å². The molecule has 2 aromatic heterocycles. The van der Waals surface area contributed by atoms with E-state index in [1.165, 1.54) is 11.3 Å². The highest BCUT2D eigenvalue weighted by Crippen LogP contribution is 2.28. The summed E-state index contributed by atoms with van der Waals surface area (Å²) >= 11 is 1.24. The summed E-state index contributed by atoms with van der Waals surface area (Å²) in [6.07, 6.45) is 3.56. The van der Waals surface area contributed by atoms with Crippen molar-refractivity contribution in [2.45, 2.75) is 6.42 Å². The predicted molar refractivity (Wildman–Crippen MR) is 87.6 cm³/mol. The molecule has 0 unspecified atom stereocenters. The van der Waals surface area contributed by atoms with Crippen LogP contribution in [0.1, 0.15) is 15.2 Å². The molecule has 0 aliphatic rings. The Morgan fingerprint density at radius 3 is 2.83 bits per heavy atom. The average molecular weight is 327 g/mol. The lowest BCUT2D eigenvalue weighted by atomic mass is 10.2. The Labute approximate surface area is 135 Å². The van der Waals surface area contributed by atoms with Crippen LogP contribution in [0.3, 0.4) is 0 Å². The molecule has 23 heavy (non-hydrogen) atoms. The van der Waals surface area contributed by atoms with Crippen LogP contribution in [-0.2, 0) is 11.2 Å². The fourth-order valence-corrected chi connectivity index (χ4v) is 3.16. The largest absolute Gasteiger partial charge is 0.326 e. The maximum absolute atomic E-state index is 12.0. The molecule has 0 aliphatic carbocycles. The molecular formula is C16H13N3O3S. The zero-order valence-corrected chi connectivity index (χ0v) is 12.8. The van der Waals surface area contributed by atoms with E-state index in [0.29, 0.717) is 10.6 Å². The summed E-state index contributed by atoms with van der Waals surface area (Å²) in [5, 5.41) is 12.4. The van der Waals surface area contributed by atoms with Crippen LogP contribution in [0, 0.1) is 0 Å². The zero-order chi connectivity index (χ0) is 16.2. The van der Waals surface area contributed by atoms with Crippen molar-refractivity contribution in [2.75, 3.05) is 5.32 Å². The molecule has 3 rings (SSSR count). The minimum Gasteiger partial charge on any atom is -0.326 e. The molecule has 3 N–H and O–H groups in total. The lowest BCUT2D eigenvalue weighted by Gasteiger charge is -2.05. The molecule has 0 saturated heterocycles. The van der Waals surface area contributed by atoms with Gasteiger partial charge in [-0.05, 0) is 35.2 Å². The predicted octanol–water partition coefficient (Wildman–Crippen LogP) is 2.60.